The largest absolute Gasteiger partial charge is 0.419 e. The molecule has 0 amide bonds. The Morgan fingerprint density at radius 2 is 2.08 bits per heavy atom. The van der Waals surface area contributed by atoms with Crippen LogP contribution in [0.3, 0.4) is 0 Å². The van der Waals surface area contributed by atoms with E-state index in [1.54, 1.807) is 0 Å². The molecule has 0 aliphatic carbocycles. The highest BCUT2D eigenvalue weighted by molar-refractivity contribution is 6.30. The topological polar surface area (TPSA) is 60.0 Å². The van der Waals surface area contributed by atoms with Crippen molar-refractivity contribution in [3.8, 4) is 11.5 Å². The Labute approximate surface area is 145 Å². The van der Waals surface area contributed by atoms with E-state index < -0.39 is 0 Å². The zero-order valence-electron chi connectivity index (χ0n) is 13.2. The molecular formula is C17H18ClN5O. The molecule has 3 heterocycles. The van der Waals surface area contributed by atoms with Crippen LogP contribution in [0.4, 0.5) is 0 Å². The second kappa shape index (κ2) is 6.75. The van der Waals surface area contributed by atoms with E-state index >= 15 is 0 Å². The Balaban J connectivity index is 1.44. The van der Waals surface area contributed by atoms with Gasteiger partial charge in [0.25, 0.3) is 0 Å². The molecule has 24 heavy (non-hydrogen) atoms. The van der Waals surface area contributed by atoms with E-state index in [1.165, 1.54) is 6.42 Å². The number of likely N-dealkylation sites (tertiary alicyclic amines) is 1. The third kappa shape index (κ3) is 3.34. The van der Waals surface area contributed by atoms with Crippen molar-refractivity contribution in [1.29, 1.82) is 0 Å². The summed E-state index contributed by atoms with van der Waals surface area (Å²) in [5.74, 6) is 1.18. The maximum atomic E-state index is 5.91. The molecule has 1 aliphatic heterocycles. The molecule has 0 unspecified atom stereocenters. The van der Waals surface area contributed by atoms with E-state index in [0.717, 1.165) is 25.1 Å². The van der Waals surface area contributed by atoms with Crippen LogP contribution in [0, 0.1) is 0 Å². The lowest BCUT2D eigenvalue weighted by molar-refractivity contribution is 0.200. The van der Waals surface area contributed by atoms with E-state index in [4.69, 9.17) is 16.0 Å². The lowest BCUT2D eigenvalue weighted by Gasteiger charge is -2.22. The SMILES string of the molecule is Clc1ccc(-c2nnc(CN3CCC[C@H]3Cn3cccn3)o2)cc1. The van der Waals surface area contributed by atoms with Gasteiger partial charge in [-0.15, -0.1) is 10.2 Å². The van der Waals surface area contributed by atoms with Gasteiger partial charge in [0.05, 0.1) is 13.1 Å². The molecule has 1 fully saturated rings. The molecule has 124 valence electrons. The van der Waals surface area contributed by atoms with Crippen molar-refractivity contribution in [2.75, 3.05) is 6.54 Å². The molecule has 2 aromatic heterocycles. The summed E-state index contributed by atoms with van der Waals surface area (Å²) in [6.45, 7) is 2.61. The molecule has 0 saturated carbocycles. The highest BCUT2D eigenvalue weighted by Gasteiger charge is 2.26. The van der Waals surface area contributed by atoms with E-state index in [2.05, 4.69) is 20.2 Å². The first-order valence-corrected chi connectivity index (χ1v) is 8.45. The molecule has 7 heteroatoms. The predicted molar refractivity (Wildman–Crippen MR) is 90.4 cm³/mol. The first-order valence-electron chi connectivity index (χ1n) is 8.08. The Kier molecular flexibility index (Phi) is 4.32. The van der Waals surface area contributed by atoms with Crippen LogP contribution in [-0.4, -0.2) is 37.5 Å². The molecule has 1 aliphatic rings. The second-order valence-electron chi connectivity index (χ2n) is 6.00. The second-order valence-corrected chi connectivity index (χ2v) is 6.44. The average molecular weight is 344 g/mol. The summed E-state index contributed by atoms with van der Waals surface area (Å²) >= 11 is 5.91. The van der Waals surface area contributed by atoms with Crippen LogP contribution in [0.1, 0.15) is 18.7 Å². The third-order valence-corrected chi connectivity index (χ3v) is 4.60. The third-order valence-electron chi connectivity index (χ3n) is 4.35. The zero-order chi connectivity index (χ0) is 16.4. The minimum Gasteiger partial charge on any atom is -0.419 e. The molecule has 1 aromatic carbocycles. The molecule has 0 N–H and O–H groups in total. The number of aromatic nitrogens is 4. The smallest absolute Gasteiger partial charge is 0.247 e. The van der Waals surface area contributed by atoms with Gasteiger partial charge < -0.3 is 4.42 Å². The van der Waals surface area contributed by atoms with Crippen LogP contribution in [0.25, 0.3) is 11.5 Å². The maximum Gasteiger partial charge on any atom is 0.247 e. The van der Waals surface area contributed by atoms with Crippen LogP contribution in [0.5, 0.6) is 0 Å². The molecule has 3 aromatic rings. The first kappa shape index (κ1) is 15.4. The summed E-state index contributed by atoms with van der Waals surface area (Å²) in [5.41, 5.74) is 0.882. The summed E-state index contributed by atoms with van der Waals surface area (Å²) < 4.78 is 7.81. The van der Waals surface area contributed by atoms with Crippen molar-refractivity contribution in [1.82, 2.24) is 24.9 Å². The summed E-state index contributed by atoms with van der Waals surface area (Å²) in [5, 5.41) is 13.3. The number of hydrogen-bond acceptors (Lipinski definition) is 5. The highest BCUT2D eigenvalue weighted by Crippen LogP contribution is 2.24. The van der Waals surface area contributed by atoms with Crippen LogP contribution in [-0.2, 0) is 13.1 Å². The summed E-state index contributed by atoms with van der Waals surface area (Å²) in [4.78, 5) is 2.39. The first-order chi connectivity index (χ1) is 11.8. The van der Waals surface area contributed by atoms with Gasteiger partial charge in [-0.3, -0.25) is 9.58 Å². The van der Waals surface area contributed by atoms with Gasteiger partial charge in [-0.05, 0) is 49.7 Å². The minimum atomic E-state index is 0.454. The lowest BCUT2D eigenvalue weighted by Crippen LogP contribution is -2.32. The predicted octanol–water partition coefficient (Wildman–Crippen LogP) is 3.25. The number of rotatable bonds is 5. The number of hydrogen-bond donors (Lipinski definition) is 0. The Morgan fingerprint density at radius 1 is 1.21 bits per heavy atom. The molecule has 0 spiro atoms. The average Bonchev–Trinajstić information content (AvgIpc) is 3.32. The summed E-state index contributed by atoms with van der Waals surface area (Å²) in [6, 6.07) is 9.82. The Morgan fingerprint density at radius 3 is 2.88 bits per heavy atom. The lowest BCUT2D eigenvalue weighted by atomic mass is 10.2. The fourth-order valence-electron chi connectivity index (χ4n) is 3.13. The normalized spacial score (nSPS) is 18.3. The Bertz CT molecular complexity index is 784. The van der Waals surface area contributed by atoms with Crippen molar-refractivity contribution >= 4 is 11.6 Å². The van der Waals surface area contributed by atoms with Crippen molar-refractivity contribution in [3.05, 3.63) is 53.6 Å². The van der Waals surface area contributed by atoms with Gasteiger partial charge in [0, 0.05) is 29.0 Å². The van der Waals surface area contributed by atoms with Gasteiger partial charge in [0.1, 0.15) is 0 Å². The molecule has 1 atom stereocenters. The van der Waals surface area contributed by atoms with Crippen LogP contribution < -0.4 is 0 Å². The highest BCUT2D eigenvalue weighted by atomic mass is 35.5. The molecule has 6 nitrogen and oxygen atoms in total. The fraction of sp³-hybridized carbons (Fsp3) is 0.353. The van der Waals surface area contributed by atoms with Gasteiger partial charge in [-0.1, -0.05) is 11.6 Å². The van der Waals surface area contributed by atoms with E-state index in [-0.39, 0.29) is 0 Å². The van der Waals surface area contributed by atoms with Gasteiger partial charge >= 0.3 is 0 Å². The molecular weight excluding hydrogens is 326 g/mol. The van der Waals surface area contributed by atoms with Crippen LogP contribution in [0.2, 0.25) is 5.02 Å². The summed E-state index contributed by atoms with van der Waals surface area (Å²) in [7, 11) is 0. The summed E-state index contributed by atoms with van der Waals surface area (Å²) in [6.07, 6.45) is 6.17. The number of halogens is 1. The number of nitrogens with zero attached hydrogens (tertiary/aromatic N) is 5. The van der Waals surface area contributed by atoms with E-state index in [1.807, 2.05) is 47.4 Å². The quantitative estimate of drug-likeness (QED) is 0.711. The van der Waals surface area contributed by atoms with Crippen molar-refractivity contribution < 1.29 is 4.42 Å². The number of benzene rings is 1. The van der Waals surface area contributed by atoms with Gasteiger partial charge in [-0.25, -0.2) is 0 Å². The van der Waals surface area contributed by atoms with Gasteiger partial charge in [0.15, 0.2) is 0 Å². The van der Waals surface area contributed by atoms with Gasteiger partial charge in [-0.2, -0.15) is 5.10 Å². The zero-order valence-corrected chi connectivity index (χ0v) is 13.9. The van der Waals surface area contributed by atoms with E-state index in [0.29, 0.717) is 29.4 Å². The standard InChI is InChI=1S/C17H18ClN5O/c18-14-6-4-13(5-7-14)17-21-20-16(24-17)12-22-9-1-3-15(22)11-23-10-2-8-19-23/h2,4-8,10,15H,1,3,9,11-12H2/t15-/m0/s1. The van der Waals surface area contributed by atoms with Crippen molar-refractivity contribution in [2.45, 2.75) is 32.0 Å². The van der Waals surface area contributed by atoms with Crippen LogP contribution >= 0.6 is 11.6 Å². The minimum absolute atomic E-state index is 0.454. The molecule has 0 radical (unpaired) electrons. The van der Waals surface area contributed by atoms with Gasteiger partial charge in [0.2, 0.25) is 11.8 Å². The van der Waals surface area contributed by atoms with Crippen LogP contribution in [0.15, 0.2) is 47.1 Å². The van der Waals surface area contributed by atoms with Crippen molar-refractivity contribution in [2.24, 2.45) is 0 Å². The van der Waals surface area contributed by atoms with Crippen molar-refractivity contribution in [3.63, 3.8) is 0 Å². The Hall–Kier alpha value is -2.18. The molecule has 0 bridgehead atoms. The molecule has 1 saturated heterocycles. The van der Waals surface area contributed by atoms with E-state index in [9.17, 15) is 0 Å². The fourth-order valence-corrected chi connectivity index (χ4v) is 3.26. The monoisotopic (exact) mass is 343 g/mol. The maximum absolute atomic E-state index is 5.91. The molecule has 4 rings (SSSR count).